The van der Waals surface area contributed by atoms with Crippen LogP contribution in [0, 0.1) is 12.8 Å². The number of rotatable bonds is 9. The van der Waals surface area contributed by atoms with E-state index in [2.05, 4.69) is 25.9 Å². The van der Waals surface area contributed by atoms with Crippen molar-refractivity contribution in [2.24, 2.45) is 5.92 Å². The van der Waals surface area contributed by atoms with E-state index in [9.17, 15) is 14.4 Å². The van der Waals surface area contributed by atoms with Crippen LogP contribution in [0.3, 0.4) is 0 Å². The first kappa shape index (κ1) is 26.7. The lowest BCUT2D eigenvalue weighted by Crippen LogP contribution is -2.27. The van der Waals surface area contributed by atoms with E-state index < -0.39 is 17.3 Å². The Labute approximate surface area is 209 Å². The van der Waals surface area contributed by atoms with Crippen molar-refractivity contribution in [1.82, 2.24) is 15.3 Å². The highest BCUT2D eigenvalue weighted by Crippen LogP contribution is 2.24. The molecular weight excluding hydrogens is 462 g/mol. The van der Waals surface area contributed by atoms with Gasteiger partial charge in [-0.25, -0.2) is 9.59 Å². The second-order valence-electron chi connectivity index (χ2n) is 9.69. The molecule has 2 heterocycles. The van der Waals surface area contributed by atoms with Crippen molar-refractivity contribution in [3.8, 4) is 0 Å². The van der Waals surface area contributed by atoms with Crippen LogP contribution in [0.2, 0.25) is 0 Å². The van der Waals surface area contributed by atoms with Gasteiger partial charge in [-0.05, 0) is 69.9 Å². The number of nitrogens with one attached hydrogen (secondary N) is 3. The summed E-state index contributed by atoms with van der Waals surface area (Å²) in [6.07, 6.45) is 2.13. The molecule has 0 aliphatic carbocycles. The molecule has 0 aliphatic rings. The highest BCUT2D eigenvalue weighted by atomic mass is 16.6. The zero-order valence-electron chi connectivity index (χ0n) is 21.3. The molecule has 3 rings (SSSR count). The van der Waals surface area contributed by atoms with Gasteiger partial charge in [-0.3, -0.25) is 15.1 Å². The molecule has 0 aliphatic heterocycles. The molecule has 3 N–H and O–H groups in total. The lowest BCUT2D eigenvalue weighted by Gasteiger charge is -2.20. The Hall–Kier alpha value is -3.95. The van der Waals surface area contributed by atoms with Gasteiger partial charge in [-0.1, -0.05) is 13.0 Å². The third kappa shape index (κ3) is 7.79. The molecule has 10 nitrogen and oxygen atoms in total. The van der Waals surface area contributed by atoms with Crippen LogP contribution in [0.5, 0.6) is 0 Å². The minimum Gasteiger partial charge on any atom is -0.444 e. The minimum atomic E-state index is -0.642. The number of pyridine rings is 1. The van der Waals surface area contributed by atoms with Crippen molar-refractivity contribution in [3.05, 3.63) is 58.2 Å². The van der Waals surface area contributed by atoms with Crippen LogP contribution in [0.4, 0.5) is 16.5 Å². The third-order valence-corrected chi connectivity index (χ3v) is 5.33. The Morgan fingerprint density at radius 2 is 1.94 bits per heavy atom. The average Bonchev–Trinajstić information content (AvgIpc) is 2.79. The van der Waals surface area contributed by atoms with Gasteiger partial charge in [0, 0.05) is 24.8 Å². The van der Waals surface area contributed by atoms with Gasteiger partial charge in [-0.15, -0.1) is 0 Å². The average molecular weight is 496 g/mol. The largest absolute Gasteiger partial charge is 0.444 e. The van der Waals surface area contributed by atoms with Crippen molar-refractivity contribution in [3.63, 3.8) is 0 Å². The number of aromatic nitrogens is 2. The number of carbonyl (C=O) groups is 2. The second kappa shape index (κ2) is 11.7. The molecule has 3 aromatic rings. The maximum absolute atomic E-state index is 12.7. The molecule has 1 atom stereocenters. The van der Waals surface area contributed by atoms with E-state index in [-0.39, 0.29) is 23.2 Å². The summed E-state index contributed by atoms with van der Waals surface area (Å²) in [7, 11) is 0. The van der Waals surface area contributed by atoms with Gasteiger partial charge < -0.3 is 19.8 Å². The predicted octanol–water partition coefficient (Wildman–Crippen LogP) is 4.38. The normalized spacial score (nSPS) is 12.1. The third-order valence-electron chi connectivity index (χ3n) is 5.33. The van der Waals surface area contributed by atoms with Gasteiger partial charge in [0.15, 0.2) is 0 Å². The van der Waals surface area contributed by atoms with Crippen LogP contribution >= 0.6 is 0 Å². The number of fused-ring (bicyclic) bond motifs is 1. The quantitative estimate of drug-likeness (QED) is 0.398. The maximum atomic E-state index is 12.7. The predicted molar refractivity (Wildman–Crippen MR) is 138 cm³/mol. The number of hydrogen-bond donors (Lipinski definition) is 3. The number of anilines is 2. The number of aryl methyl sites for hydroxylation is 1. The van der Waals surface area contributed by atoms with E-state index >= 15 is 0 Å². The molecule has 2 aromatic heterocycles. The Morgan fingerprint density at radius 1 is 1.17 bits per heavy atom. The lowest BCUT2D eigenvalue weighted by molar-refractivity contribution is -0.122. The van der Waals surface area contributed by atoms with Gasteiger partial charge >= 0.3 is 11.7 Å². The van der Waals surface area contributed by atoms with Crippen molar-refractivity contribution < 1.29 is 18.7 Å². The first-order valence-electron chi connectivity index (χ1n) is 11.9. The van der Waals surface area contributed by atoms with Crippen LogP contribution in [0.1, 0.15) is 51.8 Å². The fourth-order valence-corrected chi connectivity index (χ4v) is 3.55. The lowest BCUT2D eigenvalue weighted by atomic mass is 10.0. The summed E-state index contributed by atoms with van der Waals surface area (Å²) in [5, 5.41) is 8.84. The molecule has 36 heavy (non-hydrogen) atoms. The standard InChI is InChI=1S/C26H33N5O5/c1-16(14-21(32)29-15-18-8-6-7-12-27-18)11-13-28-24-30-20-10-9-19(17(2)22(20)23(33)35-24)31-25(34)36-26(3,4)5/h6-10,12,16H,11,13-15H2,1-5H3,(H,28,30)(H,29,32)(H,31,34). The molecule has 1 unspecified atom stereocenters. The number of hydrogen-bond acceptors (Lipinski definition) is 8. The Morgan fingerprint density at radius 3 is 2.64 bits per heavy atom. The monoisotopic (exact) mass is 495 g/mol. The fraction of sp³-hybridized carbons (Fsp3) is 0.423. The molecule has 0 fully saturated rings. The summed E-state index contributed by atoms with van der Waals surface area (Å²) in [6.45, 7) is 9.87. The Kier molecular flexibility index (Phi) is 8.63. The Balaban J connectivity index is 1.54. The smallest absolute Gasteiger partial charge is 0.412 e. The van der Waals surface area contributed by atoms with Crippen molar-refractivity contribution in [2.45, 2.75) is 59.6 Å². The molecule has 0 saturated carbocycles. The molecule has 0 radical (unpaired) electrons. The van der Waals surface area contributed by atoms with Crippen LogP contribution in [0.25, 0.3) is 10.9 Å². The summed E-state index contributed by atoms with van der Waals surface area (Å²) < 4.78 is 10.6. The highest BCUT2D eigenvalue weighted by molar-refractivity contribution is 5.93. The van der Waals surface area contributed by atoms with Crippen LogP contribution in [0.15, 0.2) is 45.7 Å². The van der Waals surface area contributed by atoms with Crippen molar-refractivity contribution >= 4 is 34.6 Å². The number of amides is 2. The van der Waals surface area contributed by atoms with E-state index in [1.54, 1.807) is 46.0 Å². The van der Waals surface area contributed by atoms with E-state index in [4.69, 9.17) is 9.15 Å². The summed E-state index contributed by atoms with van der Waals surface area (Å²) >= 11 is 0. The summed E-state index contributed by atoms with van der Waals surface area (Å²) in [6, 6.07) is 8.98. The SMILES string of the molecule is Cc1c(NC(=O)OC(C)(C)C)ccc2nc(NCCC(C)CC(=O)NCc3ccccn3)oc(=O)c12. The molecule has 0 bridgehead atoms. The van der Waals surface area contributed by atoms with Gasteiger partial charge in [0.25, 0.3) is 6.01 Å². The Bertz CT molecular complexity index is 1270. The second-order valence-corrected chi connectivity index (χ2v) is 9.69. The van der Waals surface area contributed by atoms with Crippen molar-refractivity contribution in [2.75, 3.05) is 17.2 Å². The molecule has 2 amide bonds. The topological polar surface area (TPSA) is 135 Å². The fourth-order valence-electron chi connectivity index (χ4n) is 3.55. The number of nitrogens with zero attached hydrogens (tertiary/aromatic N) is 2. The van der Waals surface area contributed by atoms with Crippen LogP contribution in [-0.4, -0.2) is 34.1 Å². The van der Waals surface area contributed by atoms with E-state index in [0.717, 1.165) is 5.69 Å². The van der Waals surface area contributed by atoms with E-state index in [1.165, 1.54) is 0 Å². The van der Waals surface area contributed by atoms with Crippen LogP contribution in [-0.2, 0) is 16.1 Å². The van der Waals surface area contributed by atoms with Gasteiger partial charge in [0.2, 0.25) is 5.91 Å². The highest BCUT2D eigenvalue weighted by Gasteiger charge is 2.18. The van der Waals surface area contributed by atoms with Gasteiger partial charge in [0.1, 0.15) is 5.60 Å². The number of benzene rings is 1. The maximum Gasteiger partial charge on any atom is 0.412 e. The van der Waals surface area contributed by atoms with Crippen LogP contribution < -0.4 is 21.6 Å². The summed E-state index contributed by atoms with van der Waals surface area (Å²) in [5.74, 6) is 0.0620. The van der Waals surface area contributed by atoms with E-state index in [1.807, 2.05) is 25.1 Å². The zero-order valence-corrected chi connectivity index (χ0v) is 21.3. The van der Waals surface area contributed by atoms with E-state index in [0.29, 0.717) is 42.7 Å². The first-order valence-corrected chi connectivity index (χ1v) is 11.9. The summed E-state index contributed by atoms with van der Waals surface area (Å²) in [5.41, 5.74) is 1.04. The van der Waals surface area contributed by atoms with Gasteiger partial charge in [0.05, 0.1) is 23.1 Å². The number of ether oxygens (including phenoxy) is 1. The minimum absolute atomic E-state index is 0.0465. The molecular formula is C26H33N5O5. The molecule has 1 aromatic carbocycles. The molecule has 0 saturated heterocycles. The summed E-state index contributed by atoms with van der Waals surface area (Å²) in [4.78, 5) is 45.5. The molecule has 10 heteroatoms. The molecule has 192 valence electrons. The van der Waals surface area contributed by atoms with Crippen molar-refractivity contribution in [1.29, 1.82) is 0 Å². The molecule has 0 spiro atoms. The number of carbonyl (C=O) groups excluding carboxylic acids is 2. The van der Waals surface area contributed by atoms with Gasteiger partial charge in [-0.2, -0.15) is 4.98 Å². The zero-order chi connectivity index (χ0) is 26.3. The first-order chi connectivity index (χ1) is 17.0.